The van der Waals surface area contributed by atoms with Crippen molar-refractivity contribution in [3.63, 3.8) is 0 Å². The summed E-state index contributed by atoms with van der Waals surface area (Å²) in [5.41, 5.74) is 5.82. The van der Waals surface area contributed by atoms with E-state index in [-0.39, 0.29) is 29.3 Å². The molecule has 1 fully saturated rings. The van der Waals surface area contributed by atoms with Crippen LogP contribution in [0.4, 0.5) is 0 Å². The Morgan fingerprint density at radius 1 is 1.54 bits per heavy atom. The van der Waals surface area contributed by atoms with Crippen LogP contribution in [0, 0.1) is 5.41 Å². The highest BCUT2D eigenvalue weighted by atomic mass is 35.5. The van der Waals surface area contributed by atoms with E-state index in [1.165, 1.54) is 0 Å². The quantitative estimate of drug-likeness (QED) is 0.714. The first kappa shape index (κ1) is 12.7. The summed E-state index contributed by atoms with van der Waals surface area (Å²) >= 11 is 0. The summed E-state index contributed by atoms with van der Waals surface area (Å²) in [5.74, 6) is -0.164. The molecule has 1 saturated carbocycles. The lowest BCUT2D eigenvalue weighted by Gasteiger charge is -2.14. The van der Waals surface area contributed by atoms with Crippen LogP contribution >= 0.6 is 12.4 Å². The molecule has 1 aliphatic rings. The largest absolute Gasteiger partial charge is 0.464 e. The molecule has 13 heavy (non-hydrogen) atoms. The van der Waals surface area contributed by atoms with E-state index in [4.69, 9.17) is 10.5 Å². The Hall–Kier alpha value is -0.280. The molecular formula is C9H18ClNO2. The molecule has 4 heteroatoms. The van der Waals surface area contributed by atoms with Gasteiger partial charge < -0.3 is 10.5 Å². The Morgan fingerprint density at radius 2 is 2.00 bits per heavy atom. The Labute approximate surface area is 85.4 Å². The van der Waals surface area contributed by atoms with Gasteiger partial charge in [-0.2, -0.15) is 0 Å². The molecule has 0 spiro atoms. The maximum atomic E-state index is 10.8. The van der Waals surface area contributed by atoms with Crippen LogP contribution in [0.2, 0.25) is 0 Å². The lowest BCUT2D eigenvalue weighted by Crippen LogP contribution is -2.34. The van der Waals surface area contributed by atoms with Gasteiger partial charge in [0.15, 0.2) is 0 Å². The molecule has 0 aromatic heterocycles. The minimum atomic E-state index is -0.266. The van der Waals surface area contributed by atoms with Gasteiger partial charge in [0.05, 0.1) is 5.54 Å². The molecule has 2 N–H and O–H groups in total. The summed E-state index contributed by atoms with van der Waals surface area (Å²) < 4.78 is 4.99. The van der Waals surface area contributed by atoms with Gasteiger partial charge in [-0.3, -0.25) is 4.79 Å². The van der Waals surface area contributed by atoms with Gasteiger partial charge in [0.25, 0.3) is 0 Å². The van der Waals surface area contributed by atoms with Crippen molar-refractivity contribution < 1.29 is 9.53 Å². The lowest BCUT2D eigenvalue weighted by atomic mass is 10.1. The highest BCUT2D eigenvalue weighted by molar-refractivity contribution is 5.85. The average Bonchev–Trinajstić information content (AvgIpc) is 2.47. The fourth-order valence-corrected chi connectivity index (χ4v) is 1.30. The summed E-state index contributed by atoms with van der Waals surface area (Å²) in [6.45, 7) is 6.33. The van der Waals surface area contributed by atoms with Gasteiger partial charge in [-0.25, -0.2) is 0 Å². The van der Waals surface area contributed by atoms with Gasteiger partial charge >= 0.3 is 5.97 Å². The fourth-order valence-electron chi connectivity index (χ4n) is 1.30. The number of halogens is 1. The zero-order valence-corrected chi connectivity index (χ0v) is 9.24. The second kappa shape index (κ2) is 3.84. The Kier molecular flexibility index (Phi) is 3.76. The zero-order valence-electron chi connectivity index (χ0n) is 8.42. The molecule has 0 aliphatic heterocycles. The minimum Gasteiger partial charge on any atom is -0.464 e. The third kappa shape index (κ3) is 2.58. The smallest absolute Gasteiger partial charge is 0.305 e. The predicted molar refractivity (Wildman–Crippen MR) is 53.8 cm³/mol. The molecular weight excluding hydrogens is 190 g/mol. The minimum absolute atomic E-state index is 0. The molecule has 0 radical (unpaired) electrons. The van der Waals surface area contributed by atoms with Crippen LogP contribution in [-0.2, 0) is 9.53 Å². The van der Waals surface area contributed by atoms with E-state index in [1.54, 1.807) is 6.92 Å². The van der Waals surface area contributed by atoms with Gasteiger partial charge in [0.1, 0.15) is 6.61 Å². The first-order chi connectivity index (χ1) is 5.41. The molecule has 1 rings (SSSR count). The van der Waals surface area contributed by atoms with E-state index in [0.29, 0.717) is 13.0 Å². The number of ether oxygens (including phenoxy) is 1. The van der Waals surface area contributed by atoms with Crippen molar-refractivity contribution >= 4 is 18.4 Å². The van der Waals surface area contributed by atoms with Crippen LogP contribution in [0.15, 0.2) is 0 Å². The number of carbonyl (C=O) groups excluding carboxylic acids is 1. The van der Waals surface area contributed by atoms with Crippen LogP contribution in [0.1, 0.15) is 33.6 Å². The van der Waals surface area contributed by atoms with Crippen molar-refractivity contribution in [2.75, 3.05) is 6.61 Å². The van der Waals surface area contributed by atoms with Crippen LogP contribution in [0.25, 0.3) is 0 Å². The average molecular weight is 208 g/mol. The monoisotopic (exact) mass is 207 g/mol. The van der Waals surface area contributed by atoms with E-state index >= 15 is 0 Å². The second-order valence-electron chi connectivity index (χ2n) is 4.23. The van der Waals surface area contributed by atoms with Crippen LogP contribution in [0.3, 0.4) is 0 Å². The Balaban J connectivity index is 0.00000144. The molecule has 1 unspecified atom stereocenters. The lowest BCUT2D eigenvalue weighted by molar-refractivity contribution is -0.144. The van der Waals surface area contributed by atoms with Gasteiger partial charge in [-0.05, 0) is 11.8 Å². The predicted octanol–water partition coefficient (Wildman–Crippen LogP) is 1.49. The van der Waals surface area contributed by atoms with E-state index in [2.05, 4.69) is 13.8 Å². The molecule has 78 valence electrons. The highest BCUT2D eigenvalue weighted by Gasteiger charge is 2.59. The maximum absolute atomic E-state index is 10.8. The number of nitrogens with two attached hydrogens (primary N) is 1. The topological polar surface area (TPSA) is 52.3 Å². The SMILES string of the molecule is CCC(=O)OCC1(N)CC1(C)C.Cl. The van der Waals surface area contributed by atoms with Gasteiger partial charge in [0.2, 0.25) is 0 Å². The highest BCUT2D eigenvalue weighted by Crippen LogP contribution is 2.53. The molecule has 0 aromatic rings. The van der Waals surface area contributed by atoms with E-state index in [1.807, 2.05) is 0 Å². The summed E-state index contributed by atoms with van der Waals surface area (Å²) in [7, 11) is 0. The number of hydrogen-bond donors (Lipinski definition) is 1. The van der Waals surface area contributed by atoms with Crippen molar-refractivity contribution in [2.45, 2.75) is 39.2 Å². The fraction of sp³-hybridized carbons (Fsp3) is 0.889. The Morgan fingerprint density at radius 3 is 2.31 bits per heavy atom. The summed E-state index contributed by atoms with van der Waals surface area (Å²) in [5, 5.41) is 0. The number of rotatable bonds is 3. The summed E-state index contributed by atoms with van der Waals surface area (Å²) in [6, 6.07) is 0. The molecule has 0 amide bonds. The molecule has 0 bridgehead atoms. The van der Waals surface area contributed by atoms with Crippen molar-refractivity contribution in [1.29, 1.82) is 0 Å². The molecule has 1 aliphatic carbocycles. The Bertz CT molecular complexity index is 206. The second-order valence-corrected chi connectivity index (χ2v) is 4.23. The van der Waals surface area contributed by atoms with Gasteiger partial charge in [-0.15, -0.1) is 12.4 Å². The molecule has 0 saturated heterocycles. The van der Waals surface area contributed by atoms with Crippen LogP contribution in [0.5, 0.6) is 0 Å². The van der Waals surface area contributed by atoms with Crippen molar-refractivity contribution in [1.82, 2.24) is 0 Å². The molecule has 3 nitrogen and oxygen atoms in total. The van der Waals surface area contributed by atoms with Crippen LogP contribution < -0.4 is 5.73 Å². The van der Waals surface area contributed by atoms with Gasteiger partial charge in [-0.1, -0.05) is 20.8 Å². The standard InChI is InChI=1S/C9H17NO2.ClH/c1-4-7(11)12-6-9(10)5-8(9,2)3;/h4-6,10H2,1-3H3;1H. The number of esters is 1. The van der Waals surface area contributed by atoms with Crippen molar-refractivity contribution in [3.8, 4) is 0 Å². The third-order valence-corrected chi connectivity index (χ3v) is 2.76. The third-order valence-electron chi connectivity index (χ3n) is 2.76. The number of carbonyl (C=O) groups is 1. The zero-order chi connectivity index (χ0) is 9.41. The van der Waals surface area contributed by atoms with Crippen molar-refractivity contribution in [3.05, 3.63) is 0 Å². The van der Waals surface area contributed by atoms with E-state index < -0.39 is 0 Å². The molecule has 0 heterocycles. The number of hydrogen-bond acceptors (Lipinski definition) is 3. The molecule has 1 atom stereocenters. The first-order valence-corrected chi connectivity index (χ1v) is 4.36. The normalized spacial score (nSPS) is 28.9. The summed E-state index contributed by atoms with van der Waals surface area (Å²) in [6.07, 6.45) is 1.37. The van der Waals surface area contributed by atoms with Crippen molar-refractivity contribution in [2.24, 2.45) is 11.1 Å². The van der Waals surface area contributed by atoms with E-state index in [9.17, 15) is 4.79 Å². The van der Waals surface area contributed by atoms with E-state index in [0.717, 1.165) is 6.42 Å². The first-order valence-electron chi connectivity index (χ1n) is 4.36. The maximum Gasteiger partial charge on any atom is 0.305 e. The van der Waals surface area contributed by atoms with Gasteiger partial charge in [0, 0.05) is 6.42 Å². The summed E-state index contributed by atoms with van der Waals surface area (Å²) in [4.78, 5) is 10.8. The molecule has 0 aromatic carbocycles. The van der Waals surface area contributed by atoms with Crippen LogP contribution in [-0.4, -0.2) is 18.1 Å².